The van der Waals surface area contributed by atoms with Gasteiger partial charge in [-0.15, -0.1) is 0 Å². The Bertz CT molecular complexity index is 2180. The van der Waals surface area contributed by atoms with Gasteiger partial charge in [-0.3, -0.25) is 0 Å². The summed E-state index contributed by atoms with van der Waals surface area (Å²) in [6.45, 7) is 0. The predicted molar refractivity (Wildman–Crippen MR) is 189 cm³/mol. The molecule has 0 aliphatic rings. The monoisotopic (exact) mass is 558 g/mol. The van der Waals surface area contributed by atoms with Gasteiger partial charge in [0.1, 0.15) is 0 Å². The Morgan fingerprint density at radius 3 is 0.886 bits per heavy atom. The standard InChI is InChI=1S/C44H30/c1-3-13-31(14-4-1)35-17-11-19-37(29-35)38-20-12-18-36(30-38)32-25-27-34(28-26-32)44-41-23-9-7-21-39(41)43(33-15-5-2-6-16-33)40-22-8-10-24-42(40)44/h1-30H. The van der Waals surface area contributed by atoms with E-state index in [4.69, 9.17) is 0 Å². The fourth-order valence-electron chi connectivity index (χ4n) is 6.57. The molecule has 0 amide bonds. The highest BCUT2D eigenvalue weighted by Gasteiger charge is 2.16. The van der Waals surface area contributed by atoms with E-state index in [1.165, 1.54) is 77.2 Å². The molecule has 0 saturated carbocycles. The molecule has 0 atom stereocenters. The molecule has 0 nitrogen and oxygen atoms in total. The molecule has 0 fully saturated rings. The van der Waals surface area contributed by atoms with Crippen LogP contribution in [-0.4, -0.2) is 0 Å². The summed E-state index contributed by atoms with van der Waals surface area (Å²) < 4.78 is 0. The number of rotatable bonds is 5. The zero-order valence-electron chi connectivity index (χ0n) is 24.3. The van der Waals surface area contributed by atoms with Gasteiger partial charge in [0.05, 0.1) is 0 Å². The maximum absolute atomic E-state index is 2.30. The highest BCUT2D eigenvalue weighted by molar-refractivity contribution is 6.21. The van der Waals surface area contributed by atoms with Crippen molar-refractivity contribution in [2.45, 2.75) is 0 Å². The van der Waals surface area contributed by atoms with Crippen LogP contribution in [-0.2, 0) is 0 Å². The SMILES string of the molecule is c1ccc(-c2cccc(-c3cccc(-c4ccc(-c5c6ccccc6c(-c6ccccc6)c6ccccc56)cc4)c3)c2)cc1. The van der Waals surface area contributed by atoms with Gasteiger partial charge in [0.25, 0.3) is 0 Å². The molecule has 0 aliphatic carbocycles. The Labute approximate surface area is 258 Å². The van der Waals surface area contributed by atoms with Crippen LogP contribution in [0.5, 0.6) is 0 Å². The minimum atomic E-state index is 1.21. The Kier molecular flexibility index (Phi) is 6.59. The second-order valence-corrected chi connectivity index (χ2v) is 11.3. The van der Waals surface area contributed by atoms with Gasteiger partial charge in [0, 0.05) is 0 Å². The van der Waals surface area contributed by atoms with Gasteiger partial charge in [0.2, 0.25) is 0 Å². The first-order valence-corrected chi connectivity index (χ1v) is 15.2. The maximum Gasteiger partial charge on any atom is -0.00264 e. The fraction of sp³-hybridized carbons (Fsp3) is 0. The van der Waals surface area contributed by atoms with E-state index in [2.05, 4.69) is 182 Å². The van der Waals surface area contributed by atoms with E-state index >= 15 is 0 Å². The number of hydrogen-bond acceptors (Lipinski definition) is 0. The van der Waals surface area contributed by atoms with Crippen LogP contribution in [0.1, 0.15) is 0 Å². The largest absolute Gasteiger partial charge is 0.0622 e. The molecule has 0 saturated heterocycles. The molecule has 8 aromatic rings. The second kappa shape index (κ2) is 11.2. The van der Waals surface area contributed by atoms with E-state index in [0.29, 0.717) is 0 Å². The van der Waals surface area contributed by atoms with E-state index < -0.39 is 0 Å². The third kappa shape index (κ3) is 4.68. The normalized spacial score (nSPS) is 11.2. The van der Waals surface area contributed by atoms with Crippen molar-refractivity contribution in [2.24, 2.45) is 0 Å². The molecule has 206 valence electrons. The smallest absolute Gasteiger partial charge is 0.00264 e. The van der Waals surface area contributed by atoms with Crippen molar-refractivity contribution < 1.29 is 0 Å². The molecule has 0 spiro atoms. The summed E-state index contributed by atoms with van der Waals surface area (Å²) in [5.74, 6) is 0. The molecule has 44 heavy (non-hydrogen) atoms. The number of benzene rings is 8. The van der Waals surface area contributed by atoms with Crippen LogP contribution in [0.15, 0.2) is 182 Å². The topological polar surface area (TPSA) is 0 Å². The predicted octanol–water partition coefficient (Wildman–Crippen LogP) is 12.3. The highest BCUT2D eigenvalue weighted by atomic mass is 14.2. The Morgan fingerprint density at radius 2 is 0.455 bits per heavy atom. The summed E-state index contributed by atoms with van der Waals surface area (Å²) in [7, 11) is 0. The van der Waals surface area contributed by atoms with Crippen LogP contribution in [0.2, 0.25) is 0 Å². The van der Waals surface area contributed by atoms with Gasteiger partial charge < -0.3 is 0 Å². The van der Waals surface area contributed by atoms with Crippen molar-refractivity contribution in [1.29, 1.82) is 0 Å². The molecule has 0 heteroatoms. The van der Waals surface area contributed by atoms with Gasteiger partial charge in [-0.25, -0.2) is 0 Å². The van der Waals surface area contributed by atoms with Gasteiger partial charge in [-0.1, -0.05) is 170 Å². The lowest BCUT2D eigenvalue weighted by molar-refractivity contribution is 1.57. The minimum Gasteiger partial charge on any atom is -0.0622 e. The van der Waals surface area contributed by atoms with E-state index in [1.54, 1.807) is 0 Å². The fourth-order valence-corrected chi connectivity index (χ4v) is 6.57. The van der Waals surface area contributed by atoms with Crippen LogP contribution in [0.3, 0.4) is 0 Å². The zero-order chi connectivity index (χ0) is 29.3. The van der Waals surface area contributed by atoms with Crippen LogP contribution < -0.4 is 0 Å². The lowest BCUT2D eigenvalue weighted by Crippen LogP contribution is -1.90. The third-order valence-corrected chi connectivity index (χ3v) is 8.67. The molecule has 0 unspecified atom stereocenters. The van der Waals surface area contributed by atoms with Gasteiger partial charge in [-0.2, -0.15) is 0 Å². The van der Waals surface area contributed by atoms with Crippen LogP contribution in [0.4, 0.5) is 0 Å². The first-order valence-electron chi connectivity index (χ1n) is 15.2. The van der Waals surface area contributed by atoms with Crippen LogP contribution >= 0.6 is 0 Å². The van der Waals surface area contributed by atoms with E-state index in [-0.39, 0.29) is 0 Å². The maximum atomic E-state index is 2.30. The third-order valence-electron chi connectivity index (χ3n) is 8.67. The summed E-state index contributed by atoms with van der Waals surface area (Å²) in [4.78, 5) is 0. The van der Waals surface area contributed by atoms with Crippen LogP contribution in [0, 0.1) is 0 Å². The summed E-state index contributed by atoms with van der Waals surface area (Å²) in [5, 5.41) is 5.11. The van der Waals surface area contributed by atoms with Gasteiger partial charge in [-0.05, 0) is 89.3 Å². The van der Waals surface area contributed by atoms with E-state index in [1.807, 2.05) is 0 Å². The average molecular weight is 559 g/mol. The molecule has 0 N–H and O–H groups in total. The van der Waals surface area contributed by atoms with Crippen molar-refractivity contribution in [3.05, 3.63) is 182 Å². The molecule has 0 aromatic heterocycles. The molecule has 8 rings (SSSR count). The zero-order valence-corrected chi connectivity index (χ0v) is 24.3. The molecule has 0 radical (unpaired) electrons. The second-order valence-electron chi connectivity index (χ2n) is 11.3. The molecule has 0 bridgehead atoms. The van der Waals surface area contributed by atoms with Crippen molar-refractivity contribution in [3.63, 3.8) is 0 Å². The Morgan fingerprint density at radius 1 is 0.182 bits per heavy atom. The minimum absolute atomic E-state index is 1.21. The Hall–Kier alpha value is -5.72. The molecule has 0 aliphatic heterocycles. The van der Waals surface area contributed by atoms with Crippen molar-refractivity contribution in [3.8, 4) is 55.6 Å². The average Bonchev–Trinajstić information content (AvgIpc) is 3.11. The number of fused-ring (bicyclic) bond motifs is 2. The van der Waals surface area contributed by atoms with E-state index in [0.717, 1.165) is 0 Å². The van der Waals surface area contributed by atoms with Crippen LogP contribution in [0.25, 0.3) is 77.2 Å². The summed E-state index contributed by atoms with van der Waals surface area (Å²) in [6.07, 6.45) is 0. The van der Waals surface area contributed by atoms with E-state index in [9.17, 15) is 0 Å². The van der Waals surface area contributed by atoms with Crippen molar-refractivity contribution in [1.82, 2.24) is 0 Å². The summed E-state index contributed by atoms with van der Waals surface area (Å²) in [5.41, 5.74) is 12.4. The molecular weight excluding hydrogens is 528 g/mol. The first-order chi connectivity index (χ1) is 21.8. The molecule has 0 heterocycles. The van der Waals surface area contributed by atoms with Crippen molar-refractivity contribution >= 4 is 21.5 Å². The lowest BCUT2D eigenvalue weighted by atomic mass is 9.85. The molecule has 8 aromatic carbocycles. The quantitative estimate of drug-likeness (QED) is 0.184. The van der Waals surface area contributed by atoms with Gasteiger partial charge in [0.15, 0.2) is 0 Å². The first kappa shape index (κ1) is 25.9. The highest BCUT2D eigenvalue weighted by Crippen LogP contribution is 2.43. The molecular formula is C44H30. The lowest BCUT2D eigenvalue weighted by Gasteiger charge is -2.18. The van der Waals surface area contributed by atoms with Gasteiger partial charge >= 0.3 is 0 Å². The Balaban J connectivity index is 1.21. The van der Waals surface area contributed by atoms with Crippen molar-refractivity contribution in [2.75, 3.05) is 0 Å². The summed E-state index contributed by atoms with van der Waals surface area (Å²) >= 11 is 0. The number of hydrogen-bond donors (Lipinski definition) is 0. The summed E-state index contributed by atoms with van der Waals surface area (Å²) in [6, 6.07) is 65.8.